The van der Waals surface area contributed by atoms with E-state index in [0.717, 1.165) is 21.5 Å². The molecule has 26 heavy (non-hydrogen) atoms. The van der Waals surface area contributed by atoms with Crippen LogP contribution in [-0.4, -0.2) is 20.4 Å². The quantitative estimate of drug-likeness (QED) is 0.451. The fourth-order valence-electron chi connectivity index (χ4n) is 3.54. The third-order valence-corrected chi connectivity index (χ3v) is 4.79. The van der Waals surface area contributed by atoms with Crippen LogP contribution in [0.4, 0.5) is 0 Å². The van der Waals surface area contributed by atoms with E-state index in [2.05, 4.69) is 0 Å². The molecule has 0 unspecified atom stereocenters. The topological polar surface area (TPSA) is 80.9 Å². The van der Waals surface area contributed by atoms with E-state index >= 15 is 0 Å². The van der Waals surface area contributed by atoms with Crippen molar-refractivity contribution < 1.29 is 20.4 Å². The number of aliphatic hydroxyl groups excluding tert-OH is 2. The first-order chi connectivity index (χ1) is 12.7. The molecule has 0 atom stereocenters. The zero-order valence-electron chi connectivity index (χ0n) is 14.0. The Bertz CT molecular complexity index is 1040. The van der Waals surface area contributed by atoms with E-state index in [1.165, 1.54) is 0 Å². The predicted octanol–water partition coefficient (Wildman–Crippen LogP) is 4.06. The van der Waals surface area contributed by atoms with E-state index in [9.17, 15) is 20.4 Å². The van der Waals surface area contributed by atoms with Crippen LogP contribution in [0.3, 0.4) is 0 Å². The van der Waals surface area contributed by atoms with Crippen molar-refractivity contribution in [1.29, 1.82) is 0 Å². The highest BCUT2D eigenvalue weighted by Gasteiger charge is 2.21. The largest absolute Gasteiger partial charge is 0.507 e. The molecule has 0 fully saturated rings. The summed E-state index contributed by atoms with van der Waals surface area (Å²) in [6.45, 7) is -0.635. The van der Waals surface area contributed by atoms with Crippen molar-refractivity contribution in [2.75, 3.05) is 0 Å². The van der Waals surface area contributed by atoms with Crippen molar-refractivity contribution in [3.8, 4) is 22.6 Å². The average molecular weight is 346 g/mol. The fourth-order valence-corrected chi connectivity index (χ4v) is 3.54. The van der Waals surface area contributed by atoms with Gasteiger partial charge in [-0.05, 0) is 33.7 Å². The Labute approximate surface area is 150 Å². The van der Waals surface area contributed by atoms with Gasteiger partial charge in [-0.15, -0.1) is 0 Å². The number of rotatable bonds is 3. The summed E-state index contributed by atoms with van der Waals surface area (Å²) in [6.07, 6.45) is 0. The number of fused-ring (bicyclic) bond motifs is 2. The molecule has 0 saturated heterocycles. The van der Waals surface area contributed by atoms with Gasteiger partial charge in [-0.25, -0.2) is 0 Å². The smallest absolute Gasteiger partial charge is 0.129 e. The molecule has 4 aromatic rings. The number of aromatic hydroxyl groups is 2. The lowest BCUT2D eigenvalue weighted by molar-refractivity contribution is 0.275. The van der Waals surface area contributed by atoms with Gasteiger partial charge in [0.1, 0.15) is 11.5 Å². The molecule has 130 valence electrons. The lowest BCUT2D eigenvalue weighted by Gasteiger charge is -2.18. The third-order valence-electron chi connectivity index (χ3n) is 4.79. The van der Waals surface area contributed by atoms with Crippen LogP contribution in [-0.2, 0) is 13.2 Å². The van der Waals surface area contributed by atoms with Gasteiger partial charge in [0.2, 0.25) is 0 Å². The second kappa shape index (κ2) is 6.33. The van der Waals surface area contributed by atoms with Gasteiger partial charge >= 0.3 is 0 Å². The lowest BCUT2D eigenvalue weighted by Crippen LogP contribution is -1.94. The summed E-state index contributed by atoms with van der Waals surface area (Å²) in [6, 6.07) is 18.5. The molecule has 4 N–H and O–H groups in total. The highest BCUT2D eigenvalue weighted by molar-refractivity contribution is 6.10. The zero-order valence-corrected chi connectivity index (χ0v) is 14.0. The van der Waals surface area contributed by atoms with Crippen LogP contribution >= 0.6 is 0 Å². The SMILES string of the molecule is OCc1cc2ccccc2c(-c2c(O)c(CO)cc3ccccc23)c1O. The van der Waals surface area contributed by atoms with Gasteiger partial charge < -0.3 is 20.4 Å². The summed E-state index contributed by atoms with van der Waals surface area (Å²) in [7, 11) is 0. The number of benzene rings is 4. The first-order valence-corrected chi connectivity index (χ1v) is 8.35. The van der Waals surface area contributed by atoms with Gasteiger partial charge in [0.15, 0.2) is 0 Å². The van der Waals surface area contributed by atoms with Crippen molar-refractivity contribution in [1.82, 2.24) is 0 Å². The number of phenols is 2. The maximum absolute atomic E-state index is 10.9. The Kier molecular flexibility index (Phi) is 3.99. The summed E-state index contributed by atoms with van der Waals surface area (Å²) >= 11 is 0. The van der Waals surface area contributed by atoms with Crippen LogP contribution in [0.25, 0.3) is 32.7 Å². The highest BCUT2D eigenvalue weighted by atomic mass is 16.3. The lowest BCUT2D eigenvalue weighted by atomic mass is 9.89. The van der Waals surface area contributed by atoms with Crippen LogP contribution in [0.15, 0.2) is 60.7 Å². The molecule has 4 rings (SSSR count). The Hall–Kier alpha value is -3.08. The molecule has 0 aliphatic heterocycles. The van der Waals surface area contributed by atoms with Gasteiger partial charge in [-0.1, -0.05) is 48.5 Å². The van der Waals surface area contributed by atoms with E-state index in [-0.39, 0.29) is 24.7 Å². The predicted molar refractivity (Wildman–Crippen MR) is 102 cm³/mol. The standard InChI is InChI=1S/C22H18O4/c23-11-15-9-13-5-1-3-7-17(13)19(21(15)25)20-18-8-4-2-6-14(18)10-16(12-24)22(20)26/h1-10,23-26H,11-12H2. The first-order valence-electron chi connectivity index (χ1n) is 8.35. The van der Waals surface area contributed by atoms with Crippen molar-refractivity contribution >= 4 is 21.5 Å². The number of hydrogen-bond donors (Lipinski definition) is 4. The molecule has 0 aliphatic rings. The van der Waals surface area contributed by atoms with E-state index in [1.54, 1.807) is 12.1 Å². The van der Waals surface area contributed by atoms with Gasteiger partial charge in [0.25, 0.3) is 0 Å². The second-order valence-electron chi connectivity index (χ2n) is 6.28. The first kappa shape index (κ1) is 16.4. The number of aliphatic hydroxyl groups is 2. The van der Waals surface area contributed by atoms with Crippen molar-refractivity contribution in [3.63, 3.8) is 0 Å². The number of hydrogen-bond acceptors (Lipinski definition) is 4. The Morgan fingerprint density at radius 3 is 1.35 bits per heavy atom. The molecule has 0 saturated carbocycles. The van der Waals surface area contributed by atoms with Crippen LogP contribution in [0.5, 0.6) is 11.5 Å². The summed E-state index contributed by atoms with van der Waals surface area (Å²) in [5, 5.41) is 44.3. The molecule has 4 nitrogen and oxygen atoms in total. The van der Waals surface area contributed by atoms with E-state index in [1.807, 2.05) is 48.5 Å². The molecule has 4 heteroatoms. The molecule has 4 aromatic carbocycles. The van der Waals surface area contributed by atoms with E-state index in [4.69, 9.17) is 0 Å². The molecular formula is C22H18O4. The molecule has 0 heterocycles. The van der Waals surface area contributed by atoms with E-state index < -0.39 is 0 Å². The van der Waals surface area contributed by atoms with Crippen LogP contribution < -0.4 is 0 Å². The van der Waals surface area contributed by atoms with Gasteiger partial charge in [-0.3, -0.25) is 0 Å². The second-order valence-corrected chi connectivity index (χ2v) is 6.28. The van der Waals surface area contributed by atoms with Crippen LogP contribution in [0, 0.1) is 0 Å². The Morgan fingerprint density at radius 2 is 0.962 bits per heavy atom. The van der Waals surface area contributed by atoms with Crippen LogP contribution in [0.1, 0.15) is 11.1 Å². The summed E-state index contributed by atoms with van der Waals surface area (Å²) in [4.78, 5) is 0. The minimum Gasteiger partial charge on any atom is -0.507 e. The maximum atomic E-state index is 10.9. The van der Waals surface area contributed by atoms with E-state index in [0.29, 0.717) is 22.3 Å². The molecule has 0 aromatic heterocycles. The minimum atomic E-state index is -0.317. The summed E-state index contributed by atoms with van der Waals surface area (Å²) in [5.41, 5.74) is 1.68. The van der Waals surface area contributed by atoms with Crippen molar-refractivity contribution in [2.45, 2.75) is 13.2 Å². The van der Waals surface area contributed by atoms with Gasteiger partial charge in [0, 0.05) is 22.3 Å². The molecule has 0 amide bonds. The van der Waals surface area contributed by atoms with Crippen molar-refractivity contribution in [3.05, 3.63) is 71.8 Å². The zero-order chi connectivity index (χ0) is 18.3. The Balaban J connectivity index is 2.24. The average Bonchev–Trinajstić information content (AvgIpc) is 2.68. The van der Waals surface area contributed by atoms with Gasteiger partial charge in [-0.2, -0.15) is 0 Å². The molecule has 0 bridgehead atoms. The van der Waals surface area contributed by atoms with Crippen LogP contribution in [0.2, 0.25) is 0 Å². The maximum Gasteiger partial charge on any atom is 0.129 e. The molecule has 0 spiro atoms. The minimum absolute atomic E-state index is 0.0678. The normalized spacial score (nSPS) is 11.3. The molecule has 0 aliphatic carbocycles. The molecule has 0 radical (unpaired) electrons. The highest BCUT2D eigenvalue weighted by Crippen LogP contribution is 2.47. The summed E-state index contributed by atoms with van der Waals surface area (Å²) in [5.74, 6) is -0.136. The van der Waals surface area contributed by atoms with Crippen molar-refractivity contribution in [2.24, 2.45) is 0 Å². The monoisotopic (exact) mass is 346 g/mol. The molecular weight excluding hydrogens is 328 g/mol. The third kappa shape index (κ3) is 2.39. The fraction of sp³-hybridized carbons (Fsp3) is 0.0909. The summed E-state index contributed by atoms with van der Waals surface area (Å²) < 4.78 is 0. The Morgan fingerprint density at radius 1 is 0.577 bits per heavy atom. The van der Waals surface area contributed by atoms with Gasteiger partial charge in [0.05, 0.1) is 13.2 Å².